The molecule has 0 bridgehead atoms. The molecule has 0 radical (unpaired) electrons. The van der Waals surface area contributed by atoms with E-state index in [-0.39, 0.29) is 5.78 Å². The van der Waals surface area contributed by atoms with Crippen LogP contribution in [0.3, 0.4) is 0 Å². The Kier molecular flexibility index (Phi) is 4.47. The fraction of sp³-hybridized carbons (Fsp3) is 0.200. The number of benzene rings is 2. The zero-order chi connectivity index (χ0) is 17.1. The molecule has 1 aromatic heterocycles. The van der Waals surface area contributed by atoms with Crippen LogP contribution in [0.2, 0.25) is 0 Å². The molecule has 0 aliphatic rings. The van der Waals surface area contributed by atoms with E-state index in [1.807, 2.05) is 0 Å². The normalized spacial score (nSPS) is 11.0. The van der Waals surface area contributed by atoms with Gasteiger partial charge in [0.1, 0.15) is 11.3 Å². The summed E-state index contributed by atoms with van der Waals surface area (Å²) in [5, 5.41) is 0.720. The van der Waals surface area contributed by atoms with Gasteiger partial charge in [-0.25, -0.2) is 4.79 Å². The van der Waals surface area contributed by atoms with E-state index in [1.165, 1.54) is 6.07 Å². The Morgan fingerprint density at radius 2 is 1.71 bits per heavy atom. The summed E-state index contributed by atoms with van der Waals surface area (Å²) in [6.07, 6.45) is 0. The van der Waals surface area contributed by atoms with Crippen LogP contribution in [-0.4, -0.2) is 12.4 Å². The van der Waals surface area contributed by atoms with Crippen molar-refractivity contribution >= 4 is 16.8 Å². The number of carbonyl (C=O) groups excluding carboxylic acids is 1. The van der Waals surface area contributed by atoms with E-state index in [0.717, 1.165) is 11.1 Å². The van der Waals surface area contributed by atoms with Gasteiger partial charge in [0.25, 0.3) is 0 Å². The third-order valence-corrected chi connectivity index (χ3v) is 3.58. The molecule has 0 aliphatic carbocycles. The van der Waals surface area contributed by atoms with Gasteiger partial charge < -0.3 is 9.15 Å². The second kappa shape index (κ2) is 6.71. The molecule has 0 fully saturated rings. The Morgan fingerprint density at radius 3 is 2.42 bits per heavy atom. The van der Waals surface area contributed by atoms with Crippen LogP contribution in [0.25, 0.3) is 11.0 Å². The second-order valence-corrected chi connectivity index (χ2v) is 6.07. The fourth-order valence-electron chi connectivity index (χ4n) is 2.35. The predicted octanol–water partition coefficient (Wildman–Crippen LogP) is 4.06. The molecule has 0 unspecified atom stereocenters. The molecule has 0 spiro atoms. The van der Waals surface area contributed by atoms with E-state index in [1.54, 1.807) is 48.5 Å². The van der Waals surface area contributed by atoms with Gasteiger partial charge >= 0.3 is 5.63 Å². The minimum Gasteiger partial charge on any atom is -0.493 e. The van der Waals surface area contributed by atoms with E-state index < -0.39 is 5.63 Å². The first-order valence-corrected chi connectivity index (χ1v) is 7.84. The third-order valence-electron chi connectivity index (χ3n) is 3.58. The van der Waals surface area contributed by atoms with Crippen molar-refractivity contribution in [2.45, 2.75) is 13.8 Å². The van der Waals surface area contributed by atoms with E-state index >= 15 is 0 Å². The number of ether oxygens (including phenoxy) is 1. The van der Waals surface area contributed by atoms with Crippen molar-refractivity contribution in [3.63, 3.8) is 0 Å². The van der Waals surface area contributed by atoms with Crippen LogP contribution in [0.5, 0.6) is 5.75 Å². The molecular weight excluding hydrogens is 304 g/mol. The van der Waals surface area contributed by atoms with E-state index in [0.29, 0.717) is 29.2 Å². The van der Waals surface area contributed by atoms with Gasteiger partial charge in [-0.3, -0.25) is 4.79 Å². The highest BCUT2D eigenvalue weighted by Gasteiger charge is 2.11. The van der Waals surface area contributed by atoms with Crippen LogP contribution in [0.4, 0.5) is 0 Å². The summed E-state index contributed by atoms with van der Waals surface area (Å²) >= 11 is 0. The van der Waals surface area contributed by atoms with Crippen LogP contribution in [-0.2, 0) is 0 Å². The van der Waals surface area contributed by atoms with E-state index in [2.05, 4.69) is 13.8 Å². The Labute approximate surface area is 139 Å². The Bertz CT molecular complexity index is 920. The maximum Gasteiger partial charge on any atom is 0.336 e. The summed E-state index contributed by atoms with van der Waals surface area (Å²) in [5.74, 6) is 1.11. The molecule has 1 heterocycles. The molecule has 0 saturated carbocycles. The molecular formula is C20H18O4. The van der Waals surface area contributed by atoms with Crippen molar-refractivity contribution in [3.05, 3.63) is 76.1 Å². The first kappa shape index (κ1) is 16.0. The summed E-state index contributed by atoms with van der Waals surface area (Å²) in [4.78, 5) is 23.8. The second-order valence-electron chi connectivity index (χ2n) is 6.07. The molecule has 2 aromatic carbocycles. The molecule has 0 N–H and O–H groups in total. The van der Waals surface area contributed by atoms with Crippen molar-refractivity contribution in [3.8, 4) is 5.75 Å². The molecule has 3 rings (SSSR count). The van der Waals surface area contributed by atoms with Crippen molar-refractivity contribution in [1.82, 2.24) is 0 Å². The molecule has 24 heavy (non-hydrogen) atoms. The maximum atomic E-state index is 12.6. The third kappa shape index (κ3) is 3.54. The van der Waals surface area contributed by atoms with Gasteiger partial charge in [-0.1, -0.05) is 13.8 Å². The van der Waals surface area contributed by atoms with Gasteiger partial charge in [-0.15, -0.1) is 0 Å². The molecule has 0 saturated heterocycles. The zero-order valence-corrected chi connectivity index (χ0v) is 13.6. The molecule has 4 heteroatoms. The first-order valence-electron chi connectivity index (χ1n) is 7.84. The summed E-state index contributed by atoms with van der Waals surface area (Å²) in [7, 11) is 0. The van der Waals surface area contributed by atoms with Crippen LogP contribution >= 0.6 is 0 Å². The van der Waals surface area contributed by atoms with Crippen molar-refractivity contribution in [2.24, 2.45) is 5.92 Å². The summed E-state index contributed by atoms with van der Waals surface area (Å²) in [6, 6.07) is 15.1. The fourth-order valence-corrected chi connectivity index (χ4v) is 2.35. The number of carbonyl (C=O) groups is 1. The quantitative estimate of drug-likeness (QED) is 0.525. The lowest BCUT2D eigenvalue weighted by Gasteiger charge is -2.09. The molecule has 0 aliphatic heterocycles. The Morgan fingerprint density at radius 1 is 1.00 bits per heavy atom. The average Bonchev–Trinajstić information content (AvgIpc) is 2.59. The van der Waals surface area contributed by atoms with Crippen LogP contribution in [0, 0.1) is 5.92 Å². The molecule has 4 nitrogen and oxygen atoms in total. The van der Waals surface area contributed by atoms with E-state index in [4.69, 9.17) is 9.15 Å². The van der Waals surface area contributed by atoms with Gasteiger partial charge in [0, 0.05) is 22.6 Å². The van der Waals surface area contributed by atoms with Crippen LogP contribution in [0.1, 0.15) is 29.8 Å². The highest BCUT2D eigenvalue weighted by Crippen LogP contribution is 2.19. The van der Waals surface area contributed by atoms with Crippen molar-refractivity contribution < 1.29 is 13.9 Å². The molecule has 122 valence electrons. The zero-order valence-electron chi connectivity index (χ0n) is 13.6. The Balaban J connectivity index is 1.83. The lowest BCUT2D eigenvalue weighted by atomic mass is 10.0. The monoisotopic (exact) mass is 322 g/mol. The maximum absolute atomic E-state index is 12.6. The van der Waals surface area contributed by atoms with Crippen molar-refractivity contribution in [1.29, 1.82) is 0 Å². The predicted molar refractivity (Wildman–Crippen MR) is 92.7 cm³/mol. The molecule has 0 amide bonds. The minimum atomic E-state index is -0.404. The number of hydrogen-bond acceptors (Lipinski definition) is 4. The van der Waals surface area contributed by atoms with Crippen molar-refractivity contribution in [2.75, 3.05) is 6.61 Å². The van der Waals surface area contributed by atoms with Gasteiger partial charge in [-0.2, -0.15) is 0 Å². The van der Waals surface area contributed by atoms with E-state index in [9.17, 15) is 9.59 Å². The lowest BCUT2D eigenvalue weighted by Crippen LogP contribution is -2.05. The highest BCUT2D eigenvalue weighted by atomic mass is 16.5. The van der Waals surface area contributed by atoms with Crippen LogP contribution < -0.4 is 10.4 Å². The summed E-state index contributed by atoms with van der Waals surface area (Å²) < 4.78 is 10.7. The van der Waals surface area contributed by atoms with Gasteiger partial charge in [-0.05, 0) is 54.4 Å². The molecule has 3 aromatic rings. The largest absolute Gasteiger partial charge is 0.493 e. The Hall–Kier alpha value is -2.88. The van der Waals surface area contributed by atoms with Gasteiger partial charge in [0.05, 0.1) is 6.61 Å². The first-order chi connectivity index (χ1) is 11.5. The highest BCUT2D eigenvalue weighted by molar-refractivity contribution is 6.10. The number of hydrogen-bond donors (Lipinski definition) is 0. The van der Waals surface area contributed by atoms with Gasteiger partial charge in [0.15, 0.2) is 5.78 Å². The smallest absolute Gasteiger partial charge is 0.336 e. The summed E-state index contributed by atoms with van der Waals surface area (Å²) in [6.45, 7) is 4.81. The number of ketones is 1. The standard InChI is InChI=1S/C20H18O4/c1-13(2)12-23-17-7-3-14(4-8-17)20(22)16-5-9-18-15(11-16)6-10-19(21)24-18/h3-11,13H,12H2,1-2H3. The number of rotatable bonds is 5. The topological polar surface area (TPSA) is 56.5 Å². The van der Waals surface area contributed by atoms with Crippen LogP contribution in [0.15, 0.2) is 63.8 Å². The summed E-state index contributed by atoms with van der Waals surface area (Å²) in [5.41, 5.74) is 1.20. The number of fused-ring (bicyclic) bond motifs is 1. The lowest BCUT2D eigenvalue weighted by molar-refractivity contribution is 0.103. The van der Waals surface area contributed by atoms with Gasteiger partial charge in [0.2, 0.25) is 0 Å². The minimum absolute atomic E-state index is 0.0847. The SMILES string of the molecule is CC(C)COc1ccc(C(=O)c2ccc3oc(=O)ccc3c2)cc1. The average molecular weight is 322 g/mol. The molecule has 0 atom stereocenters.